The Bertz CT molecular complexity index is 254. The summed E-state index contributed by atoms with van der Waals surface area (Å²) in [5, 5.41) is 3.05. The molecule has 3 nitrogen and oxygen atoms in total. The molecular weight excluding hydrogens is 224 g/mol. The normalized spacial score (nSPS) is 24.6. The van der Waals surface area contributed by atoms with Crippen LogP contribution in [0.3, 0.4) is 0 Å². The van der Waals surface area contributed by atoms with E-state index in [2.05, 4.69) is 12.2 Å². The van der Waals surface area contributed by atoms with Gasteiger partial charge in [-0.15, -0.1) is 12.4 Å². The molecule has 2 aliphatic carbocycles. The molecule has 2 fully saturated rings. The van der Waals surface area contributed by atoms with Crippen LogP contribution in [0.25, 0.3) is 0 Å². The first-order valence-electron chi connectivity index (χ1n) is 6.17. The Morgan fingerprint density at radius 3 is 2.12 bits per heavy atom. The van der Waals surface area contributed by atoms with Crippen molar-refractivity contribution in [1.29, 1.82) is 0 Å². The van der Waals surface area contributed by atoms with Crippen molar-refractivity contribution in [2.75, 3.05) is 6.54 Å². The van der Waals surface area contributed by atoms with Crippen LogP contribution in [-0.2, 0) is 4.79 Å². The maximum atomic E-state index is 11.8. The molecule has 2 saturated carbocycles. The predicted octanol–water partition coefficient (Wildman–Crippen LogP) is 1.99. The van der Waals surface area contributed by atoms with Crippen LogP contribution in [-0.4, -0.2) is 18.0 Å². The van der Waals surface area contributed by atoms with Crippen LogP contribution in [0.1, 0.15) is 51.9 Å². The van der Waals surface area contributed by atoms with E-state index in [0.29, 0.717) is 5.41 Å². The molecule has 1 amide bonds. The van der Waals surface area contributed by atoms with E-state index in [1.54, 1.807) is 0 Å². The zero-order valence-corrected chi connectivity index (χ0v) is 10.9. The zero-order chi connectivity index (χ0) is 10.9. The van der Waals surface area contributed by atoms with Gasteiger partial charge in [-0.1, -0.05) is 13.3 Å². The molecule has 0 spiro atoms. The number of hydrogen-bond acceptors (Lipinski definition) is 2. The molecule has 2 rings (SSSR count). The maximum absolute atomic E-state index is 11.8. The third-order valence-electron chi connectivity index (χ3n) is 4.49. The highest BCUT2D eigenvalue weighted by Gasteiger charge is 2.42. The van der Waals surface area contributed by atoms with Crippen molar-refractivity contribution in [3.63, 3.8) is 0 Å². The van der Waals surface area contributed by atoms with E-state index in [-0.39, 0.29) is 18.3 Å². The smallest absolute Gasteiger partial charge is 0.240 e. The van der Waals surface area contributed by atoms with Gasteiger partial charge >= 0.3 is 0 Å². The van der Waals surface area contributed by atoms with Gasteiger partial charge in [0, 0.05) is 6.54 Å². The topological polar surface area (TPSA) is 55.1 Å². The van der Waals surface area contributed by atoms with Crippen molar-refractivity contribution in [1.82, 2.24) is 5.32 Å². The van der Waals surface area contributed by atoms with Gasteiger partial charge in [-0.3, -0.25) is 4.79 Å². The molecular formula is C12H23ClN2O. The van der Waals surface area contributed by atoms with Gasteiger partial charge in [-0.25, -0.2) is 0 Å². The minimum atomic E-state index is -0.529. The Labute approximate surface area is 104 Å². The van der Waals surface area contributed by atoms with Crippen LogP contribution < -0.4 is 11.1 Å². The van der Waals surface area contributed by atoms with E-state index >= 15 is 0 Å². The summed E-state index contributed by atoms with van der Waals surface area (Å²) in [4.78, 5) is 11.8. The lowest BCUT2D eigenvalue weighted by molar-refractivity contribution is -0.130. The Kier molecular flexibility index (Phi) is 4.24. The number of amides is 1. The lowest BCUT2D eigenvalue weighted by Gasteiger charge is -2.43. The van der Waals surface area contributed by atoms with Gasteiger partial charge in [0.1, 0.15) is 0 Å². The summed E-state index contributed by atoms with van der Waals surface area (Å²) in [5.74, 6) is 0.0773. The van der Waals surface area contributed by atoms with Gasteiger partial charge < -0.3 is 11.1 Å². The minimum absolute atomic E-state index is 0. The second-order valence-electron chi connectivity index (χ2n) is 5.40. The van der Waals surface area contributed by atoms with Crippen molar-refractivity contribution in [3.8, 4) is 0 Å². The monoisotopic (exact) mass is 246 g/mol. The van der Waals surface area contributed by atoms with Gasteiger partial charge in [-0.2, -0.15) is 0 Å². The van der Waals surface area contributed by atoms with Crippen molar-refractivity contribution in [2.45, 2.75) is 57.4 Å². The number of carbonyl (C=O) groups is 1. The minimum Gasteiger partial charge on any atom is -0.354 e. The van der Waals surface area contributed by atoms with Gasteiger partial charge in [0.25, 0.3) is 0 Å². The first kappa shape index (κ1) is 13.8. The SMILES string of the molecule is CCC1(CNC(=O)C2(N)CCC2)CCC1.Cl. The summed E-state index contributed by atoms with van der Waals surface area (Å²) in [6.45, 7) is 3.05. The van der Waals surface area contributed by atoms with Crippen LogP contribution >= 0.6 is 12.4 Å². The summed E-state index contributed by atoms with van der Waals surface area (Å²) in [7, 11) is 0. The van der Waals surface area contributed by atoms with Gasteiger partial charge in [-0.05, 0) is 43.9 Å². The largest absolute Gasteiger partial charge is 0.354 e. The summed E-state index contributed by atoms with van der Waals surface area (Å²) in [6.07, 6.45) is 7.84. The molecule has 0 aliphatic heterocycles. The van der Waals surface area contributed by atoms with Crippen molar-refractivity contribution in [2.24, 2.45) is 11.1 Å². The molecule has 0 aromatic rings. The fourth-order valence-electron chi connectivity index (χ4n) is 2.56. The Morgan fingerprint density at radius 2 is 1.81 bits per heavy atom. The number of rotatable bonds is 4. The van der Waals surface area contributed by atoms with Gasteiger partial charge in [0.2, 0.25) is 5.91 Å². The highest BCUT2D eigenvalue weighted by atomic mass is 35.5. The van der Waals surface area contributed by atoms with Crippen LogP contribution in [0.15, 0.2) is 0 Å². The van der Waals surface area contributed by atoms with Crippen LogP contribution in [0, 0.1) is 5.41 Å². The molecule has 0 saturated heterocycles. The number of carbonyl (C=O) groups excluding carboxylic acids is 1. The number of nitrogens with one attached hydrogen (secondary N) is 1. The second kappa shape index (κ2) is 4.92. The highest BCUT2D eigenvalue weighted by Crippen LogP contribution is 2.43. The average Bonchev–Trinajstić information content (AvgIpc) is 2.13. The van der Waals surface area contributed by atoms with E-state index in [1.165, 1.54) is 25.7 Å². The lowest BCUT2D eigenvalue weighted by atomic mass is 9.67. The average molecular weight is 247 g/mol. The van der Waals surface area contributed by atoms with Crippen molar-refractivity contribution < 1.29 is 4.79 Å². The molecule has 3 N–H and O–H groups in total. The lowest BCUT2D eigenvalue weighted by Crippen LogP contribution is -2.60. The number of halogens is 1. The highest BCUT2D eigenvalue weighted by molar-refractivity contribution is 5.87. The Morgan fingerprint density at radius 1 is 1.25 bits per heavy atom. The van der Waals surface area contributed by atoms with Crippen molar-refractivity contribution >= 4 is 18.3 Å². The molecule has 0 radical (unpaired) electrons. The fourth-order valence-corrected chi connectivity index (χ4v) is 2.56. The summed E-state index contributed by atoms with van der Waals surface area (Å²) in [5.41, 5.74) is 5.83. The summed E-state index contributed by atoms with van der Waals surface area (Å²) in [6, 6.07) is 0. The van der Waals surface area contributed by atoms with Crippen LogP contribution in [0.5, 0.6) is 0 Å². The molecule has 16 heavy (non-hydrogen) atoms. The molecule has 0 aromatic carbocycles. The molecule has 4 heteroatoms. The molecule has 94 valence electrons. The van der Waals surface area contributed by atoms with E-state index in [4.69, 9.17) is 5.73 Å². The van der Waals surface area contributed by atoms with Crippen LogP contribution in [0.2, 0.25) is 0 Å². The molecule has 0 atom stereocenters. The number of hydrogen-bond donors (Lipinski definition) is 2. The van der Waals surface area contributed by atoms with Gasteiger partial charge in [0.05, 0.1) is 5.54 Å². The van der Waals surface area contributed by atoms with Gasteiger partial charge in [0.15, 0.2) is 0 Å². The first-order chi connectivity index (χ1) is 7.10. The third kappa shape index (κ3) is 2.35. The van der Waals surface area contributed by atoms with E-state index in [9.17, 15) is 4.79 Å². The molecule has 2 aliphatic rings. The summed E-state index contributed by atoms with van der Waals surface area (Å²) >= 11 is 0. The Hall–Kier alpha value is -0.280. The molecule has 0 bridgehead atoms. The molecule has 0 unspecified atom stereocenters. The standard InChI is InChI=1S/C12H22N2O.ClH/c1-2-11(5-3-6-11)9-14-10(15)12(13)7-4-8-12;/h2-9,13H2,1H3,(H,14,15);1H. The molecule has 0 heterocycles. The number of nitrogens with two attached hydrogens (primary N) is 1. The van der Waals surface area contributed by atoms with E-state index in [0.717, 1.165) is 25.8 Å². The third-order valence-corrected chi connectivity index (χ3v) is 4.49. The maximum Gasteiger partial charge on any atom is 0.240 e. The quantitative estimate of drug-likeness (QED) is 0.797. The fraction of sp³-hybridized carbons (Fsp3) is 0.917. The Balaban J connectivity index is 0.00000128. The van der Waals surface area contributed by atoms with Crippen LogP contribution in [0.4, 0.5) is 0 Å². The molecule has 0 aromatic heterocycles. The van der Waals surface area contributed by atoms with E-state index in [1.807, 2.05) is 0 Å². The van der Waals surface area contributed by atoms with E-state index < -0.39 is 5.54 Å². The first-order valence-corrected chi connectivity index (χ1v) is 6.17. The second-order valence-corrected chi connectivity index (χ2v) is 5.40. The summed E-state index contributed by atoms with van der Waals surface area (Å²) < 4.78 is 0. The van der Waals surface area contributed by atoms with Crippen molar-refractivity contribution in [3.05, 3.63) is 0 Å². The predicted molar refractivity (Wildman–Crippen MR) is 67.6 cm³/mol. The zero-order valence-electron chi connectivity index (χ0n) is 10.1.